The number of primary amides is 1. The summed E-state index contributed by atoms with van der Waals surface area (Å²) in [7, 11) is 0. The van der Waals surface area contributed by atoms with Crippen LogP contribution in [0.15, 0.2) is 48.5 Å². The van der Waals surface area contributed by atoms with Gasteiger partial charge < -0.3 is 5.73 Å². The lowest BCUT2D eigenvalue weighted by atomic mass is 9.98. The number of halogens is 1. The Morgan fingerprint density at radius 3 is 2.24 bits per heavy atom. The molecular weight excluding hydrogens is 234 g/mol. The van der Waals surface area contributed by atoms with E-state index < -0.39 is 0 Å². The lowest BCUT2D eigenvalue weighted by Crippen LogP contribution is -2.10. The van der Waals surface area contributed by atoms with Crippen LogP contribution in [0, 0.1) is 6.92 Å². The smallest absolute Gasteiger partial charge is 0.248 e. The minimum atomic E-state index is -0.386. The number of nitrogens with two attached hydrogens (primary N) is 1. The van der Waals surface area contributed by atoms with Crippen LogP contribution in [0.4, 0.5) is 0 Å². The molecule has 17 heavy (non-hydrogen) atoms. The Balaban J connectivity index is 0.00000144. The fraction of sp³-hybridized carbons (Fsp3) is 0.0714. The predicted molar refractivity (Wildman–Crippen MR) is 72.4 cm³/mol. The van der Waals surface area contributed by atoms with E-state index in [9.17, 15) is 4.79 Å². The van der Waals surface area contributed by atoms with E-state index in [0.29, 0.717) is 5.56 Å². The standard InChI is InChI=1S/C14H13NO.ClH/c1-10-9-12(14(15)16)7-8-13(10)11-5-3-2-4-6-11;/h2-9H,1H3,(H2,15,16);1H. The molecule has 0 aliphatic rings. The fourth-order valence-electron chi connectivity index (χ4n) is 1.76. The van der Waals surface area contributed by atoms with Crippen molar-refractivity contribution in [2.45, 2.75) is 6.92 Å². The largest absolute Gasteiger partial charge is 0.366 e. The monoisotopic (exact) mass is 247 g/mol. The van der Waals surface area contributed by atoms with Gasteiger partial charge in [0, 0.05) is 5.56 Å². The molecule has 0 aliphatic carbocycles. The van der Waals surface area contributed by atoms with Gasteiger partial charge in [-0.2, -0.15) is 0 Å². The Bertz CT molecular complexity index is 523. The van der Waals surface area contributed by atoms with Gasteiger partial charge in [0.25, 0.3) is 0 Å². The van der Waals surface area contributed by atoms with Gasteiger partial charge >= 0.3 is 0 Å². The summed E-state index contributed by atoms with van der Waals surface area (Å²) in [6.45, 7) is 1.98. The summed E-state index contributed by atoms with van der Waals surface area (Å²) in [5, 5.41) is 0. The third-order valence-electron chi connectivity index (χ3n) is 2.60. The van der Waals surface area contributed by atoms with E-state index in [1.54, 1.807) is 6.07 Å². The number of rotatable bonds is 2. The number of hydrogen-bond donors (Lipinski definition) is 1. The SMILES string of the molecule is Cc1cc(C(N)=O)ccc1-c1ccccc1.Cl. The summed E-state index contributed by atoms with van der Waals surface area (Å²) in [6.07, 6.45) is 0. The highest BCUT2D eigenvalue weighted by Gasteiger charge is 2.05. The second-order valence-electron chi connectivity index (χ2n) is 3.76. The minimum absolute atomic E-state index is 0. The quantitative estimate of drug-likeness (QED) is 0.870. The van der Waals surface area contributed by atoms with Gasteiger partial charge in [-0.3, -0.25) is 4.79 Å². The third kappa shape index (κ3) is 2.86. The normalized spacial score (nSPS) is 9.47. The van der Waals surface area contributed by atoms with Crippen LogP contribution in [0.25, 0.3) is 11.1 Å². The maximum atomic E-state index is 11.0. The van der Waals surface area contributed by atoms with E-state index in [-0.39, 0.29) is 18.3 Å². The first kappa shape index (κ1) is 13.3. The summed E-state index contributed by atoms with van der Waals surface area (Å²) in [5.41, 5.74) is 9.12. The molecule has 0 atom stereocenters. The van der Waals surface area contributed by atoms with Gasteiger partial charge in [-0.1, -0.05) is 36.4 Å². The van der Waals surface area contributed by atoms with Gasteiger partial charge in [0.15, 0.2) is 0 Å². The van der Waals surface area contributed by atoms with E-state index in [1.807, 2.05) is 49.4 Å². The zero-order chi connectivity index (χ0) is 11.5. The molecular formula is C14H14ClNO. The number of amides is 1. The van der Waals surface area contributed by atoms with Crippen molar-refractivity contribution in [1.29, 1.82) is 0 Å². The number of benzene rings is 2. The van der Waals surface area contributed by atoms with E-state index in [0.717, 1.165) is 16.7 Å². The zero-order valence-corrected chi connectivity index (χ0v) is 10.3. The van der Waals surface area contributed by atoms with Crippen LogP contribution in [0.5, 0.6) is 0 Å². The summed E-state index contributed by atoms with van der Waals surface area (Å²) < 4.78 is 0. The van der Waals surface area contributed by atoms with Crippen molar-refractivity contribution in [2.24, 2.45) is 5.73 Å². The maximum absolute atomic E-state index is 11.0. The summed E-state index contributed by atoms with van der Waals surface area (Å²) in [5.74, 6) is -0.386. The van der Waals surface area contributed by atoms with Gasteiger partial charge in [-0.25, -0.2) is 0 Å². The summed E-state index contributed by atoms with van der Waals surface area (Å²) >= 11 is 0. The van der Waals surface area contributed by atoms with Crippen LogP contribution < -0.4 is 5.73 Å². The lowest BCUT2D eigenvalue weighted by molar-refractivity contribution is 0.1000. The molecule has 2 nitrogen and oxygen atoms in total. The highest BCUT2D eigenvalue weighted by Crippen LogP contribution is 2.23. The molecule has 3 heteroatoms. The van der Waals surface area contributed by atoms with Crippen LogP contribution in [-0.4, -0.2) is 5.91 Å². The van der Waals surface area contributed by atoms with Crippen molar-refractivity contribution in [3.05, 3.63) is 59.7 Å². The number of hydrogen-bond acceptors (Lipinski definition) is 1. The van der Waals surface area contributed by atoms with Gasteiger partial charge in [0.05, 0.1) is 0 Å². The second-order valence-corrected chi connectivity index (χ2v) is 3.76. The number of aryl methyl sites for hydroxylation is 1. The molecule has 2 aromatic rings. The van der Waals surface area contributed by atoms with Crippen LogP contribution in [-0.2, 0) is 0 Å². The fourth-order valence-corrected chi connectivity index (χ4v) is 1.76. The molecule has 2 rings (SSSR count). The van der Waals surface area contributed by atoms with Crippen LogP contribution in [0.1, 0.15) is 15.9 Å². The Morgan fingerprint density at radius 2 is 1.71 bits per heavy atom. The molecule has 0 spiro atoms. The van der Waals surface area contributed by atoms with E-state index in [4.69, 9.17) is 5.73 Å². The van der Waals surface area contributed by atoms with Crippen molar-refractivity contribution in [3.8, 4) is 11.1 Å². The Kier molecular flexibility index (Phi) is 4.30. The van der Waals surface area contributed by atoms with Gasteiger partial charge in [-0.05, 0) is 35.7 Å². The van der Waals surface area contributed by atoms with Crippen molar-refractivity contribution < 1.29 is 4.79 Å². The molecule has 0 aromatic heterocycles. The molecule has 0 aliphatic heterocycles. The van der Waals surface area contributed by atoms with Crippen LogP contribution in [0.3, 0.4) is 0 Å². The zero-order valence-electron chi connectivity index (χ0n) is 9.51. The molecule has 2 aromatic carbocycles. The average Bonchev–Trinajstić information content (AvgIpc) is 2.30. The molecule has 0 heterocycles. The molecule has 0 fully saturated rings. The molecule has 88 valence electrons. The number of carbonyl (C=O) groups is 1. The average molecular weight is 248 g/mol. The highest BCUT2D eigenvalue weighted by molar-refractivity contribution is 5.93. The first-order valence-corrected chi connectivity index (χ1v) is 5.14. The third-order valence-corrected chi connectivity index (χ3v) is 2.60. The van der Waals surface area contributed by atoms with Crippen LogP contribution >= 0.6 is 12.4 Å². The minimum Gasteiger partial charge on any atom is -0.366 e. The van der Waals surface area contributed by atoms with E-state index >= 15 is 0 Å². The van der Waals surface area contributed by atoms with Crippen molar-refractivity contribution in [2.75, 3.05) is 0 Å². The Hall–Kier alpha value is -1.80. The molecule has 0 bridgehead atoms. The highest BCUT2D eigenvalue weighted by atomic mass is 35.5. The lowest BCUT2D eigenvalue weighted by Gasteiger charge is -2.07. The molecule has 1 amide bonds. The molecule has 0 saturated heterocycles. The summed E-state index contributed by atoms with van der Waals surface area (Å²) in [4.78, 5) is 11.0. The topological polar surface area (TPSA) is 43.1 Å². The molecule has 0 saturated carbocycles. The summed E-state index contributed by atoms with van der Waals surface area (Å²) in [6, 6.07) is 15.6. The Labute approximate surface area is 107 Å². The van der Waals surface area contributed by atoms with Crippen molar-refractivity contribution in [1.82, 2.24) is 0 Å². The first-order chi connectivity index (χ1) is 7.68. The van der Waals surface area contributed by atoms with Gasteiger partial charge in [0.1, 0.15) is 0 Å². The molecule has 0 radical (unpaired) electrons. The maximum Gasteiger partial charge on any atom is 0.248 e. The van der Waals surface area contributed by atoms with E-state index in [1.165, 1.54) is 0 Å². The van der Waals surface area contributed by atoms with Gasteiger partial charge in [-0.15, -0.1) is 12.4 Å². The van der Waals surface area contributed by atoms with Crippen LogP contribution in [0.2, 0.25) is 0 Å². The number of carbonyl (C=O) groups excluding carboxylic acids is 1. The van der Waals surface area contributed by atoms with E-state index in [2.05, 4.69) is 0 Å². The van der Waals surface area contributed by atoms with Gasteiger partial charge in [0.2, 0.25) is 5.91 Å². The molecule has 0 unspecified atom stereocenters. The molecule has 2 N–H and O–H groups in total. The predicted octanol–water partition coefficient (Wildman–Crippen LogP) is 3.18. The van der Waals surface area contributed by atoms with Crippen molar-refractivity contribution >= 4 is 18.3 Å². The Morgan fingerprint density at radius 1 is 1.06 bits per heavy atom. The second kappa shape index (κ2) is 5.51. The first-order valence-electron chi connectivity index (χ1n) is 5.14. The van der Waals surface area contributed by atoms with Crippen molar-refractivity contribution in [3.63, 3.8) is 0 Å².